The largest absolute Gasteiger partial charge is 0.481 e. The van der Waals surface area contributed by atoms with Crippen LogP contribution in [0.2, 0.25) is 0 Å². The van der Waals surface area contributed by atoms with Crippen LogP contribution in [-0.4, -0.2) is 29.1 Å². The minimum absolute atomic E-state index is 0.0843. The van der Waals surface area contributed by atoms with Gasteiger partial charge in [-0.25, -0.2) is 0 Å². The number of carbonyl (C=O) groups excluding carboxylic acids is 2. The predicted octanol–water partition coefficient (Wildman–Crippen LogP) is 3.83. The molecule has 1 aromatic rings. The Morgan fingerprint density at radius 2 is 1.74 bits per heavy atom. The first-order chi connectivity index (χ1) is 13.0. The standard InChI is InChI=1S/C21H31NO5/c1-2-3-4-8-11-18(27-21(26)15-14-20(24)25)12-13-19(23)22-16-17-9-6-5-7-10-17/h5-7,9-10,18H,2-4,8,11-16H2,1H3,(H,22,23)(H,24,25)/t18-/m0/s1. The van der Waals surface area contributed by atoms with Crippen LogP contribution in [0.25, 0.3) is 0 Å². The van der Waals surface area contributed by atoms with Crippen LogP contribution in [0.5, 0.6) is 0 Å². The van der Waals surface area contributed by atoms with Crippen LogP contribution in [0.1, 0.15) is 70.3 Å². The van der Waals surface area contributed by atoms with E-state index in [1.165, 1.54) is 0 Å². The molecule has 1 rings (SSSR count). The van der Waals surface area contributed by atoms with Crippen LogP contribution in [0, 0.1) is 0 Å². The number of unbranched alkanes of at least 4 members (excludes halogenated alkanes) is 3. The molecule has 150 valence electrons. The normalized spacial score (nSPS) is 11.6. The van der Waals surface area contributed by atoms with Crippen molar-refractivity contribution in [1.82, 2.24) is 5.32 Å². The van der Waals surface area contributed by atoms with Crippen LogP contribution >= 0.6 is 0 Å². The van der Waals surface area contributed by atoms with Gasteiger partial charge in [-0.2, -0.15) is 0 Å². The van der Waals surface area contributed by atoms with Crippen LogP contribution in [-0.2, 0) is 25.7 Å². The lowest BCUT2D eigenvalue weighted by atomic mass is 10.0. The van der Waals surface area contributed by atoms with E-state index < -0.39 is 11.9 Å². The van der Waals surface area contributed by atoms with E-state index in [1.54, 1.807) is 0 Å². The van der Waals surface area contributed by atoms with E-state index in [9.17, 15) is 14.4 Å². The number of carbonyl (C=O) groups is 3. The summed E-state index contributed by atoms with van der Waals surface area (Å²) in [5, 5.41) is 11.5. The number of hydrogen-bond acceptors (Lipinski definition) is 4. The quantitative estimate of drug-likeness (QED) is 0.380. The molecule has 0 saturated heterocycles. The van der Waals surface area contributed by atoms with Gasteiger partial charge in [0.05, 0.1) is 12.8 Å². The fourth-order valence-electron chi connectivity index (χ4n) is 2.69. The molecule has 0 aliphatic rings. The van der Waals surface area contributed by atoms with Crippen molar-refractivity contribution < 1.29 is 24.2 Å². The molecule has 0 aliphatic carbocycles. The number of nitrogens with one attached hydrogen (secondary N) is 1. The van der Waals surface area contributed by atoms with E-state index in [2.05, 4.69) is 12.2 Å². The van der Waals surface area contributed by atoms with Crippen molar-refractivity contribution in [2.24, 2.45) is 0 Å². The van der Waals surface area contributed by atoms with Gasteiger partial charge >= 0.3 is 11.9 Å². The third-order valence-corrected chi connectivity index (χ3v) is 4.25. The Balaban J connectivity index is 2.39. The van der Waals surface area contributed by atoms with Crippen molar-refractivity contribution in [2.45, 2.75) is 77.4 Å². The van der Waals surface area contributed by atoms with Gasteiger partial charge in [0.25, 0.3) is 0 Å². The highest BCUT2D eigenvalue weighted by Crippen LogP contribution is 2.14. The van der Waals surface area contributed by atoms with Crippen molar-refractivity contribution in [1.29, 1.82) is 0 Å². The summed E-state index contributed by atoms with van der Waals surface area (Å²) in [5.74, 6) is -1.62. The Morgan fingerprint density at radius 3 is 2.41 bits per heavy atom. The molecule has 1 atom stereocenters. The van der Waals surface area contributed by atoms with Gasteiger partial charge in [-0.1, -0.05) is 56.5 Å². The number of aliphatic carboxylic acids is 1. The number of amides is 1. The van der Waals surface area contributed by atoms with Crippen LogP contribution in [0.4, 0.5) is 0 Å². The molecule has 0 fully saturated rings. The number of hydrogen-bond donors (Lipinski definition) is 2. The Bertz CT molecular complexity index is 573. The SMILES string of the molecule is CCCCCC[C@@H](CCC(=O)NCc1ccccc1)OC(=O)CCC(=O)O. The van der Waals surface area contributed by atoms with Gasteiger partial charge in [-0.05, 0) is 24.8 Å². The number of benzene rings is 1. The molecule has 1 aromatic carbocycles. The fraction of sp³-hybridized carbons (Fsp3) is 0.571. The topological polar surface area (TPSA) is 92.7 Å². The van der Waals surface area contributed by atoms with E-state index in [0.29, 0.717) is 19.4 Å². The molecule has 0 aliphatic heterocycles. The van der Waals surface area contributed by atoms with Crippen molar-refractivity contribution in [3.63, 3.8) is 0 Å². The Hall–Kier alpha value is -2.37. The second-order valence-electron chi connectivity index (χ2n) is 6.66. The van der Waals surface area contributed by atoms with Crippen molar-refractivity contribution >= 4 is 17.8 Å². The zero-order valence-electron chi connectivity index (χ0n) is 16.1. The van der Waals surface area contributed by atoms with E-state index in [-0.39, 0.29) is 31.3 Å². The lowest BCUT2D eigenvalue weighted by Gasteiger charge is -2.18. The number of carboxylic acid groups (broad SMARTS) is 1. The first-order valence-corrected chi connectivity index (χ1v) is 9.73. The molecule has 0 bridgehead atoms. The summed E-state index contributed by atoms with van der Waals surface area (Å²) in [6.45, 7) is 2.60. The average Bonchev–Trinajstić information content (AvgIpc) is 2.66. The van der Waals surface area contributed by atoms with Gasteiger partial charge in [0.1, 0.15) is 6.10 Å². The van der Waals surface area contributed by atoms with Crippen molar-refractivity contribution in [3.05, 3.63) is 35.9 Å². The van der Waals surface area contributed by atoms with Gasteiger partial charge in [-0.3, -0.25) is 14.4 Å². The van der Waals surface area contributed by atoms with Gasteiger partial charge in [0.15, 0.2) is 0 Å². The van der Waals surface area contributed by atoms with Crippen LogP contribution < -0.4 is 5.32 Å². The molecule has 6 heteroatoms. The number of carboxylic acids is 1. The average molecular weight is 377 g/mol. The number of esters is 1. The third-order valence-electron chi connectivity index (χ3n) is 4.25. The minimum Gasteiger partial charge on any atom is -0.481 e. The summed E-state index contributed by atoms with van der Waals surface area (Å²) in [7, 11) is 0. The zero-order chi connectivity index (χ0) is 19.9. The lowest BCUT2D eigenvalue weighted by Crippen LogP contribution is -2.26. The molecular weight excluding hydrogens is 346 g/mol. The molecular formula is C21H31NO5. The van der Waals surface area contributed by atoms with Crippen LogP contribution in [0.3, 0.4) is 0 Å². The lowest BCUT2D eigenvalue weighted by molar-refractivity contribution is -0.153. The molecule has 1 amide bonds. The molecule has 0 unspecified atom stereocenters. The summed E-state index contributed by atoms with van der Waals surface area (Å²) in [6, 6.07) is 9.66. The highest BCUT2D eigenvalue weighted by Gasteiger charge is 2.17. The van der Waals surface area contributed by atoms with Gasteiger partial charge in [0.2, 0.25) is 5.91 Å². The van der Waals surface area contributed by atoms with Crippen molar-refractivity contribution in [2.75, 3.05) is 0 Å². The maximum atomic E-state index is 12.1. The number of rotatable bonds is 14. The van der Waals surface area contributed by atoms with Gasteiger partial charge < -0.3 is 15.2 Å². The van der Waals surface area contributed by atoms with E-state index in [0.717, 1.165) is 31.2 Å². The Kier molecular flexibility index (Phi) is 11.6. The summed E-state index contributed by atoms with van der Waals surface area (Å²) in [5.41, 5.74) is 1.03. The summed E-state index contributed by atoms with van der Waals surface area (Å²) in [6.07, 6.45) is 4.93. The summed E-state index contributed by atoms with van der Waals surface area (Å²) >= 11 is 0. The highest BCUT2D eigenvalue weighted by molar-refractivity contribution is 5.77. The molecule has 0 saturated carbocycles. The van der Waals surface area contributed by atoms with E-state index >= 15 is 0 Å². The molecule has 0 heterocycles. The predicted molar refractivity (Wildman–Crippen MR) is 103 cm³/mol. The van der Waals surface area contributed by atoms with Gasteiger partial charge in [-0.15, -0.1) is 0 Å². The highest BCUT2D eigenvalue weighted by atomic mass is 16.5. The number of ether oxygens (including phenoxy) is 1. The molecule has 27 heavy (non-hydrogen) atoms. The molecule has 2 N–H and O–H groups in total. The maximum absolute atomic E-state index is 12.1. The summed E-state index contributed by atoms with van der Waals surface area (Å²) < 4.78 is 5.41. The second kappa shape index (κ2) is 13.8. The molecule has 0 radical (unpaired) electrons. The minimum atomic E-state index is -1.02. The molecule has 0 spiro atoms. The summed E-state index contributed by atoms with van der Waals surface area (Å²) in [4.78, 5) is 34.5. The zero-order valence-corrected chi connectivity index (χ0v) is 16.1. The monoisotopic (exact) mass is 377 g/mol. The molecule has 6 nitrogen and oxygen atoms in total. The second-order valence-corrected chi connectivity index (χ2v) is 6.66. The first kappa shape index (κ1) is 22.7. The van der Waals surface area contributed by atoms with E-state index in [4.69, 9.17) is 9.84 Å². The first-order valence-electron chi connectivity index (χ1n) is 9.73. The Morgan fingerprint density at radius 1 is 1.00 bits per heavy atom. The smallest absolute Gasteiger partial charge is 0.306 e. The Labute approximate surface area is 161 Å². The fourth-order valence-corrected chi connectivity index (χ4v) is 2.69. The maximum Gasteiger partial charge on any atom is 0.306 e. The van der Waals surface area contributed by atoms with Crippen molar-refractivity contribution in [3.8, 4) is 0 Å². The van der Waals surface area contributed by atoms with Crippen LogP contribution in [0.15, 0.2) is 30.3 Å². The van der Waals surface area contributed by atoms with Gasteiger partial charge in [0, 0.05) is 13.0 Å². The van der Waals surface area contributed by atoms with E-state index in [1.807, 2.05) is 30.3 Å². The molecule has 0 aromatic heterocycles. The third kappa shape index (κ3) is 11.8.